The summed E-state index contributed by atoms with van der Waals surface area (Å²) in [6.45, 7) is 6.79. The smallest absolute Gasteiger partial charge is 0.242 e. The van der Waals surface area contributed by atoms with Gasteiger partial charge in [-0.2, -0.15) is 0 Å². The van der Waals surface area contributed by atoms with Gasteiger partial charge in [0.1, 0.15) is 11.8 Å². The molecule has 0 unspecified atom stereocenters. The topological polar surface area (TPSA) is 58.6 Å². The molecule has 1 N–H and O–H groups in total. The van der Waals surface area contributed by atoms with E-state index in [-0.39, 0.29) is 17.9 Å². The van der Waals surface area contributed by atoms with Crippen LogP contribution in [0.1, 0.15) is 45.6 Å². The second kappa shape index (κ2) is 12.7. The Bertz CT molecular complexity index is 764. The number of hydrogen-bond acceptors (Lipinski definition) is 3. The zero-order chi connectivity index (χ0) is 21.8. The molecule has 0 bridgehead atoms. The summed E-state index contributed by atoms with van der Waals surface area (Å²) in [5, 5.41) is 2.99. The normalized spacial score (nSPS) is 12.6. The van der Waals surface area contributed by atoms with E-state index >= 15 is 0 Å². The van der Waals surface area contributed by atoms with Crippen molar-refractivity contribution in [3.05, 3.63) is 66.2 Å². The van der Waals surface area contributed by atoms with Crippen LogP contribution in [0.5, 0.6) is 5.75 Å². The highest BCUT2D eigenvalue weighted by Gasteiger charge is 2.26. The Morgan fingerprint density at radius 2 is 1.63 bits per heavy atom. The predicted octanol–water partition coefficient (Wildman–Crippen LogP) is 4.22. The summed E-state index contributed by atoms with van der Waals surface area (Å²) in [5.41, 5.74) is 1.15. The lowest BCUT2D eigenvalue weighted by Gasteiger charge is -2.29. The fraction of sp³-hybridized carbons (Fsp3) is 0.440. The Morgan fingerprint density at radius 1 is 1.00 bits per heavy atom. The van der Waals surface area contributed by atoms with Gasteiger partial charge in [-0.3, -0.25) is 9.59 Å². The lowest BCUT2D eigenvalue weighted by molar-refractivity contribution is -0.140. The molecule has 2 atom stereocenters. The summed E-state index contributed by atoms with van der Waals surface area (Å²) >= 11 is 0. The lowest BCUT2D eigenvalue weighted by atomic mass is 10.1. The highest BCUT2D eigenvalue weighted by atomic mass is 16.5. The van der Waals surface area contributed by atoms with E-state index in [1.165, 1.54) is 0 Å². The molecule has 2 amide bonds. The maximum absolute atomic E-state index is 13.0. The Labute approximate surface area is 180 Å². The van der Waals surface area contributed by atoms with Crippen LogP contribution in [-0.4, -0.2) is 41.9 Å². The third kappa shape index (κ3) is 7.90. The first-order chi connectivity index (χ1) is 14.5. The van der Waals surface area contributed by atoms with E-state index in [9.17, 15) is 9.59 Å². The molecule has 0 aliphatic carbocycles. The molecule has 2 rings (SSSR count). The molecule has 30 heavy (non-hydrogen) atoms. The van der Waals surface area contributed by atoms with Gasteiger partial charge in [0.15, 0.2) is 0 Å². The summed E-state index contributed by atoms with van der Waals surface area (Å²) in [4.78, 5) is 27.3. The van der Waals surface area contributed by atoms with Crippen molar-refractivity contribution in [3.63, 3.8) is 0 Å². The molecule has 162 valence electrons. The van der Waals surface area contributed by atoms with Gasteiger partial charge in [0.25, 0.3) is 0 Å². The Balaban J connectivity index is 1.94. The first kappa shape index (κ1) is 23.5. The minimum Gasteiger partial charge on any atom is -0.494 e. The molecule has 0 fully saturated rings. The second-order valence-corrected chi connectivity index (χ2v) is 7.58. The third-order valence-corrected chi connectivity index (χ3v) is 5.20. The summed E-state index contributed by atoms with van der Waals surface area (Å²) in [7, 11) is 0. The first-order valence-electron chi connectivity index (χ1n) is 10.8. The SMILES string of the molecule is CC[C@H](C)NC(=O)[C@H](C)N(CCc1ccccc1)C(=O)CCCOc1ccccc1. The maximum Gasteiger partial charge on any atom is 0.242 e. The van der Waals surface area contributed by atoms with Crippen LogP contribution in [0.25, 0.3) is 0 Å². The van der Waals surface area contributed by atoms with Gasteiger partial charge in [0.05, 0.1) is 6.61 Å². The van der Waals surface area contributed by atoms with Crippen LogP contribution >= 0.6 is 0 Å². The van der Waals surface area contributed by atoms with Crippen molar-refractivity contribution in [2.75, 3.05) is 13.2 Å². The lowest BCUT2D eigenvalue weighted by Crippen LogP contribution is -2.50. The van der Waals surface area contributed by atoms with Gasteiger partial charge in [0, 0.05) is 19.0 Å². The van der Waals surface area contributed by atoms with Gasteiger partial charge in [-0.1, -0.05) is 55.5 Å². The van der Waals surface area contributed by atoms with Crippen LogP contribution < -0.4 is 10.1 Å². The molecule has 0 aliphatic rings. The number of hydrogen-bond donors (Lipinski definition) is 1. The average molecular weight is 411 g/mol. The standard InChI is InChI=1S/C25H34N2O3/c1-4-20(2)26-25(29)21(3)27(18-17-22-12-7-5-8-13-22)24(28)16-11-19-30-23-14-9-6-10-15-23/h5-10,12-15,20-21H,4,11,16-19H2,1-3H3,(H,26,29)/t20-,21-/m0/s1. The van der Waals surface area contributed by atoms with Gasteiger partial charge in [-0.15, -0.1) is 0 Å². The van der Waals surface area contributed by atoms with E-state index in [2.05, 4.69) is 5.32 Å². The molecule has 0 aromatic heterocycles. The van der Waals surface area contributed by atoms with Gasteiger partial charge >= 0.3 is 0 Å². The molecule has 0 spiro atoms. The van der Waals surface area contributed by atoms with Crippen molar-refractivity contribution in [2.45, 2.75) is 58.5 Å². The fourth-order valence-corrected chi connectivity index (χ4v) is 3.11. The van der Waals surface area contributed by atoms with Crippen molar-refractivity contribution in [3.8, 4) is 5.75 Å². The third-order valence-electron chi connectivity index (χ3n) is 5.20. The quantitative estimate of drug-likeness (QED) is 0.533. The van der Waals surface area contributed by atoms with Gasteiger partial charge in [-0.05, 0) is 50.8 Å². The van der Waals surface area contributed by atoms with Crippen LogP contribution in [-0.2, 0) is 16.0 Å². The molecular formula is C25H34N2O3. The number of amides is 2. The van der Waals surface area contributed by atoms with E-state index in [0.717, 1.165) is 17.7 Å². The van der Waals surface area contributed by atoms with Crippen molar-refractivity contribution in [2.24, 2.45) is 0 Å². The molecule has 0 saturated heterocycles. The Morgan fingerprint density at radius 3 is 2.27 bits per heavy atom. The van der Waals surface area contributed by atoms with Crippen molar-refractivity contribution in [1.82, 2.24) is 10.2 Å². The number of carbonyl (C=O) groups is 2. The molecule has 0 heterocycles. The number of para-hydroxylation sites is 1. The molecule has 0 saturated carbocycles. The molecule has 0 aliphatic heterocycles. The Hall–Kier alpha value is -2.82. The van der Waals surface area contributed by atoms with Crippen LogP contribution in [0.2, 0.25) is 0 Å². The molecule has 2 aromatic carbocycles. The molecule has 0 radical (unpaired) electrons. The highest BCUT2D eigenvalue weighted by molar-refractivity contribution is 5.87. The van der Waals surface area contributed by atoms with E-state index in [4.69, 9.17) is 4.74 Å². The second-order valence-electron chi connectivity index (χ2n) is 7.58. The van der Waals surface area contributed by atoms with E-state index < -0.39 is 6.04 Å². The number of benzene rings is 2. The monoisotopic (exact) mass is 410 g/mol. The summed E-state index contributed by atoms with van der Waals surface area (Å²) in [6, 6.07) is 19.2. The van der Waals surface area contributed by atoms with Crippen LogP contribution in [0, 0.1) is 0 Å². The summed E-state index contributed by atoms with van der Waals surface area (Å²) in [5.74, 6) is 0.674. The minimum absolute atomic E-state index is 0.0191. The van der Waals surface area contributed by atoms with Crippen molar-refractivity contribution < 1.29 is 14.3 Å². The van der Waals surface area contributed by atoms with Crippen molar-refractivity contribution >= 4 is 11.8 Å². The molecule has 5 heteroatoms. The highest BCUT2D eigenvalue weighted by Crippen LogP contribution is 2.12. The number of ether oxygens (including phenoxy) is 1. The first-order valence-corrected chi connectivity index (χ1v) is 10.8. The molecular weight excluding hydrogens is 376 g/mol. The number of carbonyl (C=O) groups excluding carboxylic acids is 2. The van der Waals surface area contributed by atoms with Gasteiger partial charge in [-0.25, -0.2) is 0 Å². The van der Waals surface area contributed by atoms with E-state index in [0.29, 0.717) is 32.4 Å². The molecule has 5 nitrogen and oxygen atoms in total. The zero-order valence-electron chi connectivity index (χ0n) is 18.3. The average Bonchev–Trinajstić information content (AvgIpc) is 2.78. The van der Waals surface area contributed by atoms with Crippen LogP contribution in [0.15, 0.2) is 60.7 Å². The van der Waals surface area contributed by atoms with Crippen molar-refractivity contribution in [1.29, 1.82) is 0 Å². The van der Waals surface area contributed by atoms with Gasteiger partial charge < -0.3 is 15.0 Å². The van der Waals surface area contributed by atoms with E-state index in [1.807, 2.05) is 74.5 Å². The minimum atomic E-state index is -0.509. The number of nitrogens with zero attached hydrogens (tertiary/aromatic N) is 1. The summed E-state index contributed by atoms with van der Waals surface area (Å²) in [6.07, 6.45) is 2.53. The Kier molecular flexibility index (Phi) is 9.92. The number of nitrogens with one attached hydrogen (secondary N) is 1. The molecule has 2 aromatic rings. The van der Waals surface area contributed by atoms with Crippen LogP contribution in [0.3, 0.4) is 0 Å². The van der Waals surface area contributed by atoms with Gasteiger partial charge in [0.2, 0.25) is 11.8 Å². The zero-order valence-corrected chi connectivity index (χ0v) is 18.3. The number of rotatable bonds is 12. The van der Waals surface area contributed by atoms with E-state index in [1.54, 1.807) is 11.8 Å². The summed E-state index contributed by atoms with van der Waals surface area (Å²) < 4.78 is 5.69. The predicted molar refractivity (Wildman–Crippen MR) is 120 cm³/mol. The largest absolute Gasteiger partial charge is 0.494 e. The van der Waals surface area contributed by atoms with Crippen LogP contribution in [0.4, 0.5) is 0 Å². The maximum atomic E-state index is 13.0. The fourth-order valence-electron chi connectivity index (χ4n) is 3.11.